The molecule has 4 heteroatoms. The fourth-order valence-corrected chi connectivity index (χ4v) is 3.34. The van der Waals surface area contributed by atoms with Crippen molar-refractivity contribution in [2.24, 2.45) is 0 Å². The van der Waals surface area contributed by atoms with Gasteiger partial charge in [-0.15, -0.1) is 0 Å². The maximum Gasteiger partial charge on any atom is 0.270 e. The molecule has 3 rings (SSSR count). The monoisotopic (exact) mass is 298 g/mol. The molecule has 1 aromatic carbocycles. The fraction of sp³-hybridized carbons (Fsp3) is 0.444. The minimum absolute atomic E-state index is 0.0471. The van der Waals surface area contributed by atoms with E-state index >= 15 is 0 Å². The third kappa shape index (κ3) is 2.97. The number of hydrogen-bond donors (Lipinski definition) is 1. The molecule has 2 aromatic rings. The Morgan fingerprint density at radius 3 is 2.59 bits per heavy atom. The number of hydrogen-bond acceptors (Lipinski definition) is 3. The van der Waals surface area contributed by atoms with Crippen molar-refractivity contribution in [3.05, 3.63) is 63.6 Å². The average molecular weight is 298 g/mol. The highest BCUT2D eigenvalue weighted by Crippen LogP contribution is 2.35. The van der Waals surface area contributed by atoms with Crippen molar-refractivity contribution >= 4 is 0 Å². The van der Waals surface area contributed by atoms with E-state index in [4.69, 9.17) is 0 Å². The van der Waals surface area contributed by atoms with E-state index < -0.39 is 6.10 Å². The topological polar surface area (TPSA) is 55.1 Å². The van der Waals surface area contributed by atoms with Crippen molar-refractivity contribution in [1.82, 2.24) is 9.78 Å². The predicted octanol–water partition coefficient (Wildman–Crippen LogP) is 3.00. The van der Waals surface area contributed by atoms with Crippen molar-refractivity contribution in [1.29, 1.82) is 0 Å². The molecule has 4 nitrogen and oxygen atoms in total. The zero-order valence-electron chi connectivity index (χ0n) is 12.9. The Balaban J connectivity index is 2.02. The molecule has 0 saturated heterocycles. The van der Waals surface area contributed by atoms with Gasteiger partial charge in [-0.2, -0.15) is 5.10 Å². The van der Waals surface area contributed by atoms with Crippen LogP contribution < -0.4 is 5.56 Å². The van der Waals surface area contributed by atoms with Crippen LogP contribution in [0.2, 0.25) is 0 Å². The second-order valence-electron chi connectivity index (χ2n) is 6.12. The smallest absolute Gasteiger partial charge is 0.270 e. The minimum atomic E-state index is -0.651. The van der Waals surface area contributed by atoms with E-state index in [1.165, 1.54) is 4.68 Å². The number of aliphatic hydroxyl groups is 1. The maximum atomic E-state index is 12.9. The SMILES string of the molecule is CC(O)c1cnn(Cc2ccccc2)c(=O)c1C1CCCC1. The van der Waals surface area contributed by atoms with Gasteiger partial charge in [0, 0.05) is 11.1 Å². The Bertz CT molecular complexity index is 686. The van der Waals surface area contributed by atoms with Gasteiger partial charge < -0.3 is 5.11 Å². The molecule has 0 aliphatic heterocycles. The summed E-state index contributed by atoms with van der Waals surface area (Å²) in [6.07, 6.45) is 5.40. The summed E-state index contributed by atoms with van der Waals surface area (Å²) >= 11 is 0. The standard InChI is InChI=1S/C18H22N2O2/c1-13(21)16-11-19-20(12-14-7-3-2-4-8-14)18(22)17(16)15-9-5-6-10-15/h2-4,7-8,11,13,15,21H,5-6,9-10,12H2,1H3. The van der Waals surface area contributed by atoms with E-state index in [0.717, 1.165) is 36.8 Å². The molecule has 1 N–H and O–H groups in total. The second-order valence-corrected chi connectivity index (χ2v) is 6.12. The fourth-order valence-electron chi connectivity index (χ4n) is 3.34. The van der Waals surface area contributed by atoms with Crippen molar-refractivity contribution in [3.8, 4) is 0 Å². The first-order valence-electron chi connectivity index (χ1n) is 7.98. The van der Waals surface area contributed by atoms with Crippen molar-refractivity contribution in [2.45, 2.75) is 51.2 Å². The van der Waals surface area contributed by atoms with Gasteiger partial charge in [0.25, 0.3) is 5.56 Å². The Morgan fingerprint density at radius 1 is 1.27 bits per heavy atom. The molecular formula is C18H22N2O2. The van der Waals surface area contributed by atoms with E-state index in [9.17, 15) is 9.90 Å². The summed E-state index contributed by atoms with van der Waals surface area (Å²) in [7, 11) is 0. The number of aliphatic hydroxyl groups excluding tert-OH is 1. The molecule has 1 unspecified atom stereocenters. The lowest BCUT2D eigenvalue weighted by atomic mass is 9.93. The zero-order chi connectivity index (χ0) is 15.5. The first kappa shape index (κ1) is 15.0. The summed E-state index contributed by atoms with van der Waals surface area (Å²) in [6, 6.07) is 9.86. The molecule has 0 bridgehead atoms. The molecule has 1 fully saturated rings. The molecule has 1 aromatic heterocycles. The van der Waals surface area contributed by atoms with Crippen LogP contribution in [0.15, 0.2) is 41.3 Å². The number of aromatic nitrogens is 2. The molecule has 1 saturated carbocycles. The van der Waals surface area contributed by atoms with Gasteiger partial charge in [0.2, 0.25) is 0 Å². The van der Waals surface area contributed by atoms with Gasteiger partial charge in [0.05, 0.1) is 18.8 Å². The summed E-state index contributed by atoms with van der Waals surface area (Å²) in [5, 5.41) is 14.3. The summed E-state index contributed by atoms with van der Waals surface area (Å²) in [5.41, 5.74) is 2.48. The Morgan fingerprint density at radius 2 is 1.95 bits per heavy atom. The van der Waals surface area contributed by atoms with Gasteiger partial charge in [0.1, 0.15) is 0 Å². The summed E-state index contributed by atoms with van der Waals surface area (Å²) in [5.74, 6) is 0.266. The number of rotatable bonds is 4. The van der Waals surface area contributed by atoms with Crippen LogP contribution >= 0.6 is 0 Å². The molecule has 0 radical (unpaired) electrons. The van der Waals surface area contributed by atoms with Gasteiger partial charge in [0.15, 0.2) is 0 Å². The number of benzene rings is 1. The van der Waals surface area contributed by atoms with Crippen LogP contribution in [-0.2, 0) is 6.54 Å². The van der Waals surface area contributed by atoms with E-state index in [1.54, 1.807) is 13.1 Å². The van der Waals surface area contributed by atoms with Crippen molar-refractivity contribution in [2.75, 3.05) is 0 Å². The lowest BCUT2D eigenvalue weighted by Gasteiger charge is -2.18. The highest BCUT2D eigenvalue weighted by Gasteiger charge is 2.25. The van der Waals surface area contributed by atoms with Crippen molar-refractivity contribution in [3.63, 3.8) is 0 Å². The van der Waals surface area contributed by atoms with E-state index in [2.05, 4.69) is 5.10 Å². The van der Waals surface area contributed by atoms with Crippen molar-refractivity contribution < 1.29 is 5.11 Å². The van der Waals surface area contributed by atoms with Gasteiger partial charge >= 0.3 is 0 Å². The third-order valence-corrected chi connectivity index (χ3v) is 4.50. The zero-order valence-corrected chi connectivity index (χ0v) is 12.9. The first-order valence-corrected chi connectivity index (χ1v) is 7.98. The second kappa shape index (κ2) is 6.44. The molecule has 1 aliphatic carbocycles. The van der Waals surface area contributed by atoms with Crippen LogP contribution in [0.3, 0.4) is 0 Å². The Hall–Kier alpha value is -1.94. The minimum Gasteiger partial charge on any atom is -0.389 e. The Labute approximate surface area is 130 Å². The lowest BCUT2D eigenvalue weighted by Crippen LogP contribution is -2.30. The van der Waals surface area contributed by atoms with Crippen LogP contribution in [0.5, 0.6) is 0 Å². The van der Waals surface area contributed by atoms with Crippen LogP contribution in [0.4, 0.5) is 0 Å². The van der Waals surface area contributed by atoms with Gasteiger partial charge in [-0.25, -0.2) is 4.68 Å². The summed E-state index contributed by atoms with van der Waals surface area (Å²) in [6.45, 7) is 2.18. The third-order valence-electron chi connectivity index (χ3n) is 4.50. The highest BCUT2D eigenvalue weighted by molar-refractivity contribution is 5.28. The van der Waals surface area contributed by atoms with Crippen LogP contribution in [0.25, 0.3) is 0 Å². The number of nitrogens with zero attached hydrogens (tertiary/aromatic N) is 2. The van der Waals surface area contributed by atoms with Gasteiger partial charge in [-0.3, -0.25) is 4.79 Å². The molecule has 22 heavy (non-hydrogen) atoms. The first-order chi connectivity index (χ1) is 10.7. The molecule has 1 heterocycles. The van der Waals surface area contributed by atoms with Crippen LogP contribution in [0.1, 0.15) is 61.3 Å². The molecule has 1 atom stereocenters. The predicted molar refractivity (Wildman–Crippen MR) is 85.9 cm³/mol. The largest absolute Gasteiger partial charge is 0.389 e. The van der Waals surface area contributed by atoms with Gasteiger partial charge in [-0.05, 0) is 31.2 Å². The summed E-state index contributed by atoms with van der Waals surface area (Å²) < 4.78 is 1.52. The maximum absolute atomic E-state index is 12.9. The molecule has 0 spiro atoms. The Kier molecular flexibility index (Phi) is 4.39. The highest BCUT2D eigenvalue weighted by atomic mass is 16.3. The quantitative estimate of drug-likeness (QED) is 0.944. The van der Waals surface area contributed by atoms with E-state index in [-0.39, 0.29) is 11.5 Å². The van der Waals surface area contributed by atoms with E-state index in [0.29, 0.717) is 12.1 Å². The van der Waals surface area contributed by atoms with Crippen LogP contribution in [-0.4, -0.2) is 14.9 Å². The average Bonchev–Trinajstić information content (AvgIpc) is 3.04. The molecule has 1 aliphatic rings. The van der Waals surface area contributed by atoms with Gasteiger partial charge in [-0.1, -0.05) is 43.2 Å². The van der Waals surface area contributed by atoms with Crippen LogP contribution in [0, 0.1) is 0 Å². The van der Waals surface area contributed by atoms with E-state index in [1.807, 2.05) is 30.3 Å². The normalized spacial score (nSPS) is 16.8. The summed E-state index contributed by atoms with van der Waals surface area (Å²) in [4.78, 5) is 12.9. The lowest BCUT2D eigenvalue weighted by molar-refractivity contribution is 0.196. The molecule has 0 amide bonds. The molecule has 116 valence electrons. The molecular weight excluding hydrogens is 276 g/mol.